The van der Waals surface area contributed by atoms with Gasteiger partial charge in [-0.3, -0.25) is 0 Å². The summed E-state index contributed by atoms with van der Waals surface area (Å²) in [6.45, 7) is 2.07. The fourth-order valence-corrected chi connectivity index (χ4v) is 3.69. The maximum Gasteiger partial charge on any atom is 0.245 e. The minimum Gasteiger partial charge on any atom is -0.455 e. The summed E-state index contributed by atoms with van der Waals surface area (Å²) >= 11 is 0. The quantitative estimate of drug-likeness (QED) is 0.444. The van der Waals surface area contributed by atoms with Crippen molar-refractivity contribution in [2.45, 2.75) is 19.6 Å². The smallest absolute Gasteiger partial charge is 0.245 e. The lowest BCUT2D eigenvalue weighted by atomic mass is 9.95. The van der Waals surface area contributed by atoms with Crippen LogP contribution in [-0.2, 0) is 6.42 Å². The summed E-state index contributed by atoms with van der Waals surface area (Å²) in [7, 11) is 0. The van der Waals surface area contributed by atoms with E-state index in [0.717, 1.165) is 23.3 Å². The molecule has 25 heavy (non-hydrogen) atoms. The summed E-state index contributed by atoms with van der Waals surface area (Å²) in [6.07, 6.45) is 0.473. The number of hydrogen-bond donors (Lipinski definition) is 0. The third-order valence-corrected chi connectivity index (χ3v) is 4.90. The molecule has 1 heterocycles. The van der Waals surface area contributed by atoms with Crippen LogP contribution in [0.15, 0.2) is 72.8 Å². The normalized spacial score (nSPS) is 16.0. The molecule has 0 N–H and O–H groups in total. The maximum atomic E-state index is 6.24. The number of benzene rings is 4. The SMILES string of the molecule is Cc1ccc(OC2Cc3c(c4ccccc4c4ccccc34)O2)cc1. The largest absolute Gasteiger partial charge is 0.455 e. The Labute approximate surface area is 146 Å². The van der Waals surface area contributed by atoms with Crippen LogP contribution in [-0.4, -0.2) is 6.29 Å². The van der Waals surface area contributed by atoms with Crippen LogP contribution in [0.3, 0.4) is 0 Å². The maximum absolute atomic E-state index is 6.24. The Kier molecular flexibility index (Phi) is 3.17. The molecule has 0 fully saturated rings. The number of aryl methyl sites for hydroxylation is 1. The van der Waals surface area contributed by atoms with Gasteiger partial charge in [0.25, 0.3) is 0 Å². The minimum absolute atomic E-state index is 0.285. The van der Waals surface area contributed by atoms with Gasteiger partial charge < -0.3 is 9.47 Å². The van der Waals surface area contributed by atoms with Crippen LogP contribution >= 0.6 is 0 Å². The fraction of sp³-hybridized carbons (Fsp3) is 0.130. The van der Waals surface area contributed by atoms with Crippen LogP contribution in [0.4, 0.5) is 0 Å². The number of ether oxygens (including phenoxy) is 2. The van der Waals surface area contributed by atoms with Gasteiger partial charge in [0, 0.05) is 10.9 Å². The Morgan fingerprint density at radius 3 is 2.08 bits per heavy atom. The molecule has 0 bridgehead atoms. The molecule has 0 saturated carbocycles. The van der Waals surface area contributed by atoms with Crippen molar-refractivity contribution in [1.82, 2.24) is 0 Å². The second-order valence-corrected chi connectivity index (χ2v) is 6.58. The second kappa shape index (κ2) is 5.52. The van der Waals surface area contributed by atoms with E-state index in [2.05, 4.69) is 67.6 Å². The molecule has 1 atom stereocenters. The molecule has 0 aliphatic carbocycles. The lowest BCUT2D eigenvalue weighted by Gasteiger charge is -2.14. The van der Waals surface area contributed by atoms with Gasteiger partial charge in [-0.25, -0.2) is 0 Å². The van der Waals surface area contributed by atoms with Crippen LogP contribution < -0.4 is 9.47 Å². The third kappa shape index (κ3) is 2.33. The first-order valence-corrected chi connectivity index (χ1v) is 8.62. The van der Waals surface area contributed by atoms with E-state index in [1.807, 2.05) is 12.1 Å². The number of fused-ring (bicyclic) bond motifs is 6. The zero-order valence-corrected chi connectivity index (χ0v) is 14.0. The Balaban J connectivity index is 1.61. The van der Waals surface area contributed by atoms with Gasteiger partial charge >= 0.3 is 0 Å². The lowest BCUT2D eigenvalue weighted by Crippen LogP contribution is -2.20. The molecule has 0 amide bonds. The van der Waals surface area contributed by atoms with Gasteiger partial charge in [0.05, 0.1) is 6.42 Å². The van der Waals surface area contributed by atoms with Crippen molar-refractivity contribution in [3.8, 4) is 11.5 Å². The lowest BCUT2D eigenvalue weighted by molar-refractivity contribution is 0.0262. The highest BCUT2D eigenvalue weighted by Gasteiger charge is 2.28. The molecule has 4 aromatic carbocycles. The van der Waals surface area contributed by atoms with Crippen molar-refractivity contribution in [1.29, 1.82) is 0 Å². The van der Waals surface area contributed by atoms with Crippen LogP contribution in [0.2, 0.25) is 0 Å². The predicted molar refractivity (Wildman–Crippen MR) is 101 cm³/mol. The molecule has 2 heteroatoms. The third-order valence-electron chi connectivity index (χ3n) is 4.90. The molecule has 0 spiro atoms. The van der Waals surface area contributed by atoms with Gasteiger partial charge in [0.1, 0.15) is 11.5 Å². The summed E-state index contributed by atoms with van der Waals surface area (Å²) in [6, 6.07) is 25.1. The summed E-state index contributed by atoms with van der Waals surface area (Å²) in [4.78, 5) is 0. The molecule has 1 unspecified atom stereocenters. The van der Waals surface area contributed by atoms with E-state index in [4.69, 9.17) is 9.47 Å². The van der Waals surface area contributed by atoms with Crippen molar-refractivity contribution in [2.75, 3.05) is 0 Å². The topological polar surface area (TPSA) is 18.5 Å². The molecule has 5 rings (SSSR count). The average Bonchev–Trinajstić information content (AvgIpc) is 3.08. The van der Waals surface area contributed by atoms with Crippen molar-refractivity contribution in [2.24, 2.45) is 0 Å². The molecule has 0 aromatic heterocycles. The first kappa shape index (κ1) is 14.4. The Hall–Kier alpha value is -3.00. The van der Waals surface area contributed by atoms with Crippen LogP contribution in [0.5, 0.6) is 11.5 Å². The van der Waals surface area contributed by atoms with E-state index in [1.165, 1.54) is 27.3 Å². The van der Waals surface area contributed by atoms with Gasteiger partial charge in [0.15, 0.2) is 0 Å². The monoisotopic (exact) mass is 326 g/mol. The van der Waals surface area contributed by atoms with Crippen LogP contribution in [0, 0.1) is 6.92 Å². The Bertz CT molecular complexity index is 1020. The molecular formula is C23H18O2. The molecule has 2 nitrogen and oxygen atoms in total. The molecular weight excluding hydrogens is 308 g/mol. The van der Waals surface area contributed by atoms with E-state index in [1.54, 1.807) is 0 Å². The van der Waals surface area contributed by atoms with E-state index in [0.29, 0.717) is 0 Å². The Morgan fingerprint density at radius 2 is 1.36 bits per heavy atom. The van der Waals surface area contributed by atoms with E-state index in [-0.39, 0.29) is 6.29 Å². The predicted octanol–water partition coefficient (Wildman–Crippen LogP) is 5.64. The highest BCUT2D eigenvalue weighted by Crippen LogP contribution is 2.42. The van der Waals surface area contributed by atoms with Crippen molar-refractivity contribution >= 4 is 21.5 Å². The highest BCUT2D eigenvalue weighted by molar-refractivity contribution is 6.12. The molecule has 4 aromatic rings. The fourth-order valence-electron chi connectivity index (χ4n) is 3.69. The molecule has 1 aliphatic rings. The Morgan fingerprint density at radius 1 is 0.760 bits per heavy atom. The van der Waals surface area contributed by atoms with E-state index >= 15 is 0 Å². The number of hydrogen-bond acceptors (Lipinski definition) is 2. The molecule has 1 aliphatic heterocycles. The summed E-state index contributed by atoms with van der Waals surface area (Å²) < 4.78 is 12.3. The zero-order valence-electron chi connectivity index (χ0n) is 14.0. The van der Waals surface area contributed by atoms with Gasteiger partial charge in [-0.2, -0.15) is 0 Å². The van der Waals surface area contributed by atoms with Gasteiger partial charge in [-0.1, -0.05) is 66.2 Å². The highest BCUT2D eigenvalue weighted by atomic mass is 16.7. The summed E-state index contributed by atoms with van der Waals surface area (Å²) in [5.74, 6) is 1.81. The van der Waals surface area contributed by atoms with Crippen molar-refractivity contribution in [3.05, 3.63) is 83.9 Å². The first-order valence-electron chi connectivity index (χ1n) is 8.62. The first-order chi connectivity index (χ1) is 12.3. The van der Waals surface area contributed by atoms with Gasteiger partial charge in [0.2, 0.25) is 6.29 Å². The number of rotatable bonds is 2. The standard InChI is InChI=1S/C23H18O2/c1-15-10-12-16(13-11-15)24-22-14-21-19-8-3-2-6-17(19)18-7-4-5-9-20(18)23(21)25-22/h2-13,22H,14H2,1H3. The van der Waals surface area contributed by atoms with Gasteiger partial charge in [-0.05, 0) is 35.2 Å². The average molecular weight is 326 g/mol. The van der Waals surface area contributed by atoms with Crippen molar-refractivity contribution < 1.29 is 9.47 Å². The minimum atomic E-state index is -0.285. The summed E-state index contributed by atoms with van der Waals surface area (Å²) in [5, 5.41) is 4.92. The van der Waals surface area contributed by atoms with E-state index < -0.39 is 0 Å². The molecule has 122 valence electrons. The van der Waals surface area contributed by atoms with Crippen molar-refractivity contribution in [3.63, 3.8) is 0 Å². The molecule has 0 saturated heterocycles. The van der Waals surface area contributed by atoms with Gasteiger partial charge in [-0.15, -0.1) is 0 Å². The zero-order chi connectivity index (χ0) is 16.8. The van der Waals surface area contributed by atoms with Crippen LogP contribution in [0.25, 0.3) is 21.5 Å². The summed E-state index contributed by atoms with van der Waals surface area (Å²) in [5.41, 5.74) is 2.46. The van der Waals surface area contributed by atoms with Crippen LogP contribution in [0.1, 0.15) is 11.1 Å². The second-order valence-electron chi connectivity index (χ2n) is 6.58. The van der Waals surface area contributed by atoms with E-state index in [9.17, 15) is 0 Å². The molecule has 0 radical (unpaired) electrons.